The van der Waals surface area contributed by atoms with Crippen molar-refractivity contribution >= 4 is 0 Å². The van der Waals surface area contributed by atoms with Gasteiger partial charge in [-0.2, -0.15) is 0 Å². The van der Waals surface area contributed by atoms with Gasteiger partial charge in [-0.05, 0) is 38.6 Å². The quantitative estimate of drug-likeness (QED) is 0.550. The molecule has 0 bridgehead atoms. The summed E-state index contributed by atoms with van der Waals surface area (Å²) in [6.45, 7) is 6.62. The molecule has 0 unspecified atom stereocenters. The number of aliphatic hydroxyl groups is 1. The van der Waals surface area contributed by atoms with E-state index in [9.17, 15) is 5.11 Å². The van der Waals surface area contributed by atoms with Crippen LogP contribution in [0.25, 0.3) is 0 Å². The van der Waals surface area contributed by atoms with Gasteiger partial charge in [0.05, 0.1) is 5.60 Å². The summed E-state index contributed by atoms with van der Waals surface area (Å²) in [5.74, 6) is 0. The maximum absolute atomic E-state index is 9.99. The smallest absolute Gasteiger partial charge is 0.0766 e. The zero-order valence-electron chi connectivity index (χ0n) is 10.5. The lowest BCUT2D eigenvalue weighted by Crippen LogP contribution is -2.39. The lowest BCUT2D eigenvalue weighted by molar-refractivity contribution is 0.0326. The fourth-order valence-corrected chi connectivity index (χ4v) is 1.49. The third kappa shape index (κ3) is 7.77. The van der Waals surface area contributed by atoms with Crippen LogP contribution >= 0.6 is 0 Å². The molecule has 0 aliphatic heterocycles. The van der Waals surface area contributed by atoms with E-state index < -0.39 is 5.60 Å². The SMILES string of the molecule is CCC(O)(CC)CNCCCCCOC. The van der Waals surface area contributed by atoms with E-state index in [1.165, 1.54) is 6.42 Å². The van der Waals surface area contributed by atoms with Crippen molar-refractivity contribution in [3.8, 4) is 0 Å². The Morgan fingerprint density at radius 1 is 1.13 bits per heavy atom. The lowest BCUT2D eigenvalue weighted by Gasteiger charge is -2.25. The van der Waals surface area contributed by atoms with Gasteiger partial charge in [-0.15, -0.1) is 0 Å². The third-order valence-electron chi connectivity index (χ3n) is 2.97. The van der Waals surface area contributed by atoms with Gasteiger partial charge in [-0.3, -0.25) is 0 Å². The highest BCUT2D eigenvalue weighted by Gasteiger charge is 2.20. The van der Waals surface area contributed by atoms with Gasteiger partial charge in [0, 0.05) is 20.3 Å². The van der Waals surface area contributed by atoms with E-state index in [4.69, 9.17) is 4.74 Å². The normalized spacial score (nSPS) is 12.0. The fraction of sp³-hybridized carbons (Fsp3) is 1.00. The van der Waals surface area contributed by atoms with Crippen molar-refractivity contribution < 1.29 is 9.84 Å². The summed E-state index contributed by atoms with van der Waals surface area (Å²) in [7, 11) is 1.74. The Morgan fingerprint density at radius 3 is 2.33 bits per heavy atom. The highest BCUT2D eigenvalue weighted by molar-refractivity contribution is 4.77. The first-order valence-electron chi connectivity index (χ1n) is 6.10. The molecule has 3 nitrogen and oxygen atoms in total. The van der Waals surface area contributed by atoms with Gasteiger partial charge in [0.15, 0.2) is 0 Å². The Balaban J connectivity index is 3.29. The average molecular weight is 217 g/mol. The first kappa shape index (κ1) is 14.9. The molecule has 0 atom stereocenters. The van der Waals surface area contributed by atoms with Crippen LogP contribution < -0.4 is 5.32 Å². The van der Waals surface area contributed by atoms with Crippen molar-refractivity contribution in [3.63, 3.8) is 0 Å². The Morgan fingerprint density at radius 2 is 1.80 bits per heavy atom. The van der Waals surface area contributed by atoms with Gasteiger partial charge >= 0.3 is 0 Å². The summed E-state index contributed by atoms with van der Waals surface area (Å²) >= 11 is 0. The summed E-state index contributed by atoms with van der Waals surface area (Å²) in [4.78, 5) is 0. The largest absolute Gasteiger partial charge is 0.389 e. The van der Waals surface area contributed by atoms with Gasteiger partial charge in [-0.1, -0.05) is 13.8 Å². The van der Waals surface area contributed by atoms with Crippen molar-refractivity contribution in [2.45, 2.75) is 51.6 Å². The summed E-state index contributed by atoms with van der Waals surface area (Å²) in [6, 6.07) is 0. The molecule has 92 valence electrons. The molecule has 0 aliphatic carbocycles. The molecular weight excluding hydrogens is 190 g/mol. The third-order valence-corrected chi connectivity index (χ3v) is 2.97. The maximum Gasteiger partial charge on any atom is 0.0766 e. The molecule has 0 fully saturated rings. The molecule has 0 radical (unpaired) electrons. The van der Waals surface area contributed by atoms with Crippen LogP contribution in [0.2, 0.25) is 0 Å². The van der Waals surface area contributed by atoms with Crippen molar-refractivity contribution in [3.05, 3.63) is 0 Å². The van der Waals surface area contributed by atoms with E-state index in [0.717, 1.165) is 38.8 Å². The van der Waals surface area contributed by atoms with Gasteiger partial charge < -0.3 is 15.2 Å². The van der Waals surface area contributed by atoms with Crippen LogP contribution in [0.5, 0.6) is 0 Å². The average Bonchev–Trinajstić information content (AvgIpc) is 2.27. The van der Waals surface area contributed by atoms with Gasteiger partial charge in [-0.25, -0.2) is 0 Å². The first-order chi connectivity index (χ1) is 7.18. The molecule has 0 rings (SSSR count). The van der Waals surface area contributed by atoms with Crippen molar-refractivity contribution in [2.24, 2.45) is 0 Å². The number of hydrogen-bond acceptors (Lipinski definition) is 3. The molecule has 0 aliphatic rings. The molecule has 0 aromatic heterocycles. The van der Waals surface area contributed by atoms with Crippen molar-refractivity contribution in [2.75, 3.05) is 26.8 Å². The van der Waals surface area contributed by atoms with Crippen LogP contribution in [0.3, 0.4) is 0 Å². The van der Waals surface area contributed by atoms with Crippen LogP contribution in [0.15, 0.2) is 0 Å². The molecule has 2 N–H and O–H groups in total. The minimum Gasteiger partial charge on any atom is -0.389 e. The lowest BCUT2D eigenvalue weighted by atomic mass is 9.97. The second-order valence-corrected chi connectivity index (χ2v) is 4.16. The maximum atomic E-state index is 9.99. The molecule has 3 heteroatoms. The second-order valence-electron chi connectivity index (χ2n) is 4.16. The standard InChI is InChI=1S/C12H27NO2/c1-4-12(14,5-2)11-13-9-7-6-8-10-15-3/h13-14H,4-11H2,1-3H3. The molecule has 0 aromatic rings. The predicted molar refractivity (Wildman–Crippen MR) is 64.1 cm³/mol. The molecule has 0 amide bonds. The Kier molecular flexibility index (Phi) is 9.06. The topological polar surface area (TPSA) is 41.5 Å². The van der Waals surface area contributed by atoms with Crippen LogP contribution in [0.1, 0.15) is 46.0 Å². The minimum absolute atomic E-state index is 0.507. The van der Waals surface area contributed by atoms with E-state index in [1.54, 1.807) is 7.11 Å². The monoisotopic (exact) mass is 217 g/mol. The summed E-state index contributed by atoms with van der Waals surface area (Å²) in [6.07, 6.45) is 5.12. The van der Waals surface area contributed by atoms with E-state index in [-0.39, 0.29) is 0 Å². The number of nitrogens with one attached hydrogen (secondary N) is 1. The molecule has 0 heterocycles. The van der Waals surface area contributed by atoms with E-state index in [0.29, 0.717) is 6.54 Å². The van der Waals surface area contributed by atoms with Crippen LogP contribution in [-0.4, -0.2) is 37.5 Å². The van der Waals surface area contributed by atoms with E-state index in [2.05, 4.69) is 5.32 Å². The number of hydrogen-bond donors (Lipinski definition) is 2. The summed E-state index contributed by atoms with van der Waals surface area (Å²) in [5.41, 5.74) is -0.507. The molecule has 15 heavy (non-hydrogen) atoms. The predicted octanol–water partition coefficient (Wildman–Crippen LogP) is 1.94. The van der Waals surface area contributed by atoms with Gasteiger partial charge in [0.1, 0.15) is 0 Å². The fourth-order valence-electron chi connectivity index (χ4n) is 1.49. The number of ether oxygens (including phenoxy) is 1. The molecule has 0 spiro atoms. The van der Waals surface area contributed by atoms with E-state index in [1.807, 2.05) is 13.8 Å². The first-order valence-corrected chi connectivity index (χ1v) is 6.10. The Labute approximate surface area is 94.2 Å². The molecule has 0 saturated heterocycles. The Hall–Kier alpha value is -0.120. The van der Waals surface area contributed by atoms with Crippen LogP contribution in [-0.2, 0) is 4.74 Å². The molecular formula is C12H27NO2. The number of unbranched alkanes of at least 4 members (excludes halogenated alkanes) is 2. The Bertz CT molecular complexity index is 136. The number of rotatable bonds is 10. The zero-order valence-corrected chi connectivity index (χ0v) is 10.5. The van der Waals surface area contributed by atoms with Gasteiger partial charge in [0.2, 0.25) is 0 Å². The van der Waals surface area contributed by atoms with Crippen LogP contribution in [0.4, 0.5) is 0 Å². The van der Waals surface area contributed by atoms with Crippen molar-refractivity contribution in [1.82, 2.24) is 5.32 Å². The number of methoxy groups -OCH3 is 1. The van der Waals surface area contributed by atoms with E-state index >= 15 is 0 Å². The molecule has 0 saturated carbocycles. The zero-order chi connectivity index (χ0) is 11.6. The van der Waals surface area contributed by atoms with Crippen LogP contribution in [0, 0.1) is 0 Å². The molecule has 0 aromatic carbocycles. The summed E-state index contributed by atoms with van der Waals surface area (Å²) < 4.78 is 4.98. The minimum atomic E-state index is -0.507. The van der Waals surface area contributed by atoms with Crippen molar-refractivity contribution in [1.29, 1.82) is 0 Å². The highest BCUT2D eigenvalue weighted by atomic mass is 16.5. The summed E-state index contributed by atoms with van der Waals surface area (Å²) in [5, 5.41) is 13.3. The highest BCUT2D eigenvalue weighted by Crippen LogP contribution is 2.12. The second kappa shape index (κ2) is 9.13. The van der Waals surface area contributed by atoms with Gasteiger partial charge in [0.25, 0.3) is 0 Å².